The van der Waals surface area contributed by atoms with E-state index in [-0.39, 0.29) is 0 Å². The quantitative estimate of drug-likeness (QED) is 0.833. The maximum Gasteiger partial charge on any atom is 0.118 e. The second-order valence-electron chi connectivity index (χ2n) is 6.25. The van der Waals surface area contributed by atoms with E-state index in [9.17, 15) is 0 Å². The van der Waals surface area contributed by atoms with E-state index in [0.717, 1.165) is 24.6 Å². The minimum Gasteiger partial charge on any atom is -0.497 e. The van der Waals surface area contributed by atoms with E-state index in [2.05, 4.69) is 38.2 Å². The van der Waals surface area contributed by atoms with Gasteiger partial charge in [-0.15, -0.1) is 0 Å². The molecule has 2 heteroatoms. The highest BCUT2D eigenvalue weighted by atomic mass is 16.5. The smallest absolute Gasteiger partial charge is 0.118 e. The van der Waals surface area contributed by atoms with Crippen molar-refractivity contribution in [2.24, 2.45) is 11.3 Å². The Kier molecular flexibility index (Phi) is 3.96. The van der Waals surface area contributed by atoms with Crippen molar-refractivity contribution in [3.8, 4) is 5.75 Å². The summed E-state index contributed by atoms with van der Waals surface area (Å²) >= 11 is 0. The molecule has 2 atom stereocenters. The summed E-state index contributed by atoms with van der Waals surface area (Å²) in [5, 5.41) is 3.65. The van der Waals surface area contributed by atoms with Gasteiger partial charge in [-0.05, 0) is 55.3 Å². The molecule has 2 rings (SSSR count). The normalized spacial score (nSPS) is 22.6. The van der Waals surface area contributed by atoms with Gasteiger partial charge in [0.1, 0.15) is 5.75 Å². The Bertz CT molecular complexity index is 383. The van der Waals surface area contributed by atoms with Crippen molar-refractivity contribution in [1.29, 1.82) is 0 Å². The number of benzene rings is 1. The van der Waals surface area contributed by atoms with Crippen molar-refractivity contribution in [2.75, 3.05) is 13.7 Å². The molecular formula is C16H25NO. The molecule has 1 aromatic rings. The lowest BCUT2D eigenvalue weighted by atomic mass is 10.1. The third kappa shape index (κ3) is 3.49. The minimum absolute atomic E-state index is 0.537. The summed E-state index contributed by atoms with van der Waals surface area (Å²) in [6, 6.07) is 8.91. The Balaban J connectivity index is 1.74. The Morgan fingerprint density at radius 3 is 2.44 bits per heavy atom. The highest BCUT2D eigenvalue weighted by Gasteiger charge is 2.44. The van der Waals surface area contributed by atoms with E-state index in [1.54, 1.807) is 7.11 Å². The third-order valence-corrected chi connectivity index (χ3v) is 4.13. The lowest BCUT2D eigenvalue weighted by Crippen LogP contribution is -2.30. The van der Waals surface area contributed by atoms with Crippen molar-refractivity contribution >= 4 is 0 Å². The molecule has 0 bridgehead atoms. The number of hydrogen-bond acceptors (Lipinski definition) is 2. The second kappa shape index (κ2) is 5.31. The zero-order valence-corrected chi connectivity index (χ0v) is 12.0. The molecule has 0 saturated heterocycles. The van der Waals surface area contributed by atoms with E-state index >= 15 is 0 Å². The molecule has 0 heterocycles. The van der Waals surface area contributed by atoms with Gasteiger partial charge in [0.15, 0.2) is 0 Å². The van der Waals surface area contributed by atoms with Gasteiger partial charge in [0.05, 0.1) is 7.11 Å². The maximum absolute atomic E-state index is 5.17. The Labute approximate surface area is 111 Å². The first-order valence-electron chi connectivity index (χ1n) is 6.87. The molecule has 1 aromatic carbocycles. The molecule has 1 N–H and O–H groups in total. The minimum atomic E-state index is 0.537. The summed E-state index contributed by atoms with van der Waals surface area (Å²) in [6.07, 6.45) is 2.45. The first-order valence-corrected chi connectivity index (χ1v) is 6.87. The van der Waals surface area contributed by atoms with Crippen LogP contribution >= 0.6 is 0 Å². The van der Waals surface area contributed by atoms with Crippen molar-refractivity contribution in [1.82, 2.24) is 5.32 Å². The highest BCUT2D eigenvalue weighted by Crippen LogP contribution is 2.51. The van der Waals surface area contributed by atoms with E-state index in [4.69, 9.17) is 4.74 Å². The van der Waals surface area contributed by atoms with Crippen LogP contribution in [0.25, 0.3) is 0 Å². The van der Waals surface area contributed by atoms with E-state index < -0.39 is 0 Å². The predicted octanol–water partition coefficient (Wildman–Crippen LogP) is 3.26. The standard InChI is InChI=1S/C16H25NO/c1-12(17-11-14-10-16(14,2)3)9-13-5-7-15(18-4)8-6-13/h5-8,12,14,17H,9-11H2,1-4H3. The fourth-order valence-corrected chi connectivity index (χ4v) is 2.46. The Morgan fingerprint density at radius 2 is 1.94 bits per heavy atom. The number of rotatable bonds is 6. The molecule has 1 saturated carbocycles. The van der Waals surface area contributed by atoms with Crippen LogP contribution in [0.5, 0.6) is 5.75 Å². The lowest BCUT2D eigenvalue weighted by molar-refractivity contribution is 0.414. The number of methoxy groups -OCH3 is 1. The second-order valence-corrected chi connectivity index (χ2v) is 6.25. The Morgan fingerprint density at radius 1 is 1.33 bits per heavy atom. The summed E-state index contributed by atoms with van der Waals surface area (Å²) < 4.78 is 5.17. The average Bonchev–Trinajstić information content (AvgIpc) is 2.96. The van der Waals surface area contributed by atoms with Crippen LogP contribution in [-0.4, -0.2) is 19.7 Å². The lowest BCUT2D eigenvalue weighted by Gasteiger charge is -2.15. The van der Waals surface area contributed by atoms with Gasteiger partial charge in [0.2, 0.25) is 0 Å². The van der Waals surface area contributed by atoms with E-state index in [1.165, 1.54) is 12.0 Å². The van der Waals surface area contributed by atoms with Crippen molar-refractivity contribution in [3.63, 3.8) is 0 Å². The van der Waals surface area contributed by atoms with Gasteiger partial charge in [-0.3, -0.25) is 0 Å². The van der Waals surface area contributed by atoms with Crippen LogP contribution in [0.3, 0.4) is 0 Å². The molecule has 100 valence electrons. The first kappa shape index (κ1) is 13.4. The van der Waals surface area contributed by atoms with E-state index in [1.807, 2.05) is 12.1 Å². The molecule has 0 aromatic heterocycles. The monoisotopic (exact) mass is 247 g/mol. The molecule has 0 spiro atoms. The molecule has 0 amide bonds. The molecule has 18 heavy (non-hydrogen) atoms. The summed E-state index contributed by atoms with van der Waals surface area (Å²) in [5.74, 6) is 1.80. The van der Waals surface area contributed by atoms with Crippen molar-refractivity contribution in [2.45, 2.75) is 39.7 Å². The zero-order chi connectivity index (χ0) is 13.2. The van der Waals surface area contributed by atoms with Crippen LogP contribution in [0, 0.1) is 11.3 Å². The predicted molar refractivity (Wildman–Crippen MR) is 76.1 cm³/mol. The van der Waals surface area contributed by atoms with Crippen LogP contribution in [0.1, 0.15) is 32.8 Å². The SMILES string of the molecule is COc1ccc(CC(C)NCC2CC2(C)C)cc1. The largest absolute Gasteiger partial charge is 0.497 e. The van der Waals surface area contributed by atoms with Gasteiger partial charge in [0, 0.05) is 6.04 Å². The molecular weight excluding hydrogens is 222 g/mol. The summed E-state index contributed by atoms with van der Waals surface area (Å²) in [6.45, 7) is 8.13. The summed E-state index contributed by atoms with van der Waals surface area (Å²) in [5.41, 5.74) is 1.94. The van der Waals surface area contributed by atoms with Crippen molar-refractivity contribution in [3.05, 3.63) is 29.8 Å². The van der Waals surface area contributed by atoms with Gasteiger partial charge in [0.25, 0.3) is 0 Å². The molecule has 2 nitrogen and oxygen atoms in total. The van der Waals surface area contributed by atoms with Crippen LogP contribution in [0.2, 0.25) is 0 Å². The fraction of sp³-hybridized carbons (Fsp3) is 0.625. The Hall–Kier alpha value is -1.02. The molecule has 0 aliphatic heterocycles. The molecule has 1 aliphatic rings. The molecule has 1 aliphatic carbocycles. The zero-order valence-electron chi connectivity index (χ0n) is 12.0. The number of ether oxygens (including phenoxy) is 1. The van der Waals surface area contributed by atoms with Crippen molar-refractivity contribution < 1.29 is 4.74 Å². The fourth-order valence-electron chi connectivity index (χ4n) is 2.46. The maximum atomic E-state index is 5.17. The molecule has 1 fully saturated rings. The van der Waals surface area contributed by atoms with E-state index in [0.29, 0.717) is 11.5 Å². The average molecular weight is 247 g/mol. The van der Waals surface area contributed by atoms with Gasteiger partial charge in [-0.1, -0.05) is 26.0 Å². The van der Waals surface area contributed by atoms with Crippen LogP contribution < -0.4 is 10.1 Å². The van der Waals surface area contributed by atoms with Gasteiger partial charge >= 0.3 is 0 Å². The summed E-state index contributed by atoms with van der Waals surface area (Å²) in [4.78, 5) is 0. The van der Waals surface area contributed by atoms with Crippen LogP contribution in [0.15, 0.2) is 24.3 Å². The van der Waals surface area contributed by atoms with Gasteiger partial charge in [-0.2, -0.15) is 0 Å². The third-order valence-electron chi connectivity index (χ3n) is 4.13. The molecule has 2 unspecified atom stereocenters. The van der Waals surface area contributed by atoms with Gasteiger partial charge < -0.3 is 10.1 Å². The number of hydrogen-bond donors (Lipinski definition) is 1. The summed E-state index contributed by atoms with van der Waals surface area (Å²) in [7, 11) is 1.70. The van der Waals surface area contributed by atoms with Crippen LogP contribution in [0.4, 0.5) is 0 Å². The molecule has 0 radical (unpaired) electrons. The van der Waals surface area contributed by atoms with Gasteiger partial charge in [-0.25, -0.2) is 0 Å². The van der Waals surface area contributed by atoms with Crippen LogP contribution in [-0.2, 0) is 6.42 Å². The first-order chi connectivity index (χ1) is 8.51. The number of nitrogens with one attached hydrogen (secondary N) is 1. The topological polar surface area (TPSA) is 21.3 Å². The highest BCUT2D eigenvalue weighted by molar-refractivity contribution is 5.27.